The van der Waals surface area contributed by atoms with Crippen LogP contribution in [0.15, 0.2) is 18.5 Å². The van der Waals surface area contributed by atoms with Crippen LogP contribution < -0.4 is 0 Å². The van der Waals surface area contributed by atoms with Crippen molar-refractivity contribution in [1.29, 1.82) is 0 Å². The first-order valence-electron chi connectivity index (χ1n) is 7.47. The van der Waals surface area contributed by atoms with Gasteiger partial charge in [-0.1, -0.05) is 0 Å². The van der Waals surface area contributed by atoms with E-state index in [0.717, 1.165) is 25.0 Å². The summed E-state index contributed by atoms with van der Waals surface area (Å²) in [5, 5.41) is 10.2. The molecule has 5 heteroatoms. The molecule has 21 heavy (non-hydrogen) atoms. The SMILES string of the molecule is CC(C)N1CCc2c(c3ccncc3n2CCC(=O)O)C1. The third-order valence-corrected chi connectivity index (χ3v) is 4.37. The maximum Gasteiger partial charge on any atom is 0.305 e. The first kappa shape index (κ1) is 14.1. The fraction of sp³-hybridized carbons (Fsp3) is 0.500. The molecule has 0 amide bonds. The number of pyridine rings is 1. The van der Waals surface area contributed by atoms with E-state index in [1.54, 1.807) is 0 Å². The lowest BCUT2D eigenvalue weighted by molar-refractivity contribution is -0.137. The molecule has 1 N–H and O–H groups in total. The van der Waals surface area contributed by atoms with Gasteiger partial charge in [-0.05, 0) is 25.5 Å². The lowest BCUT2D eigenvalue weighted by Crippen LogP contribution is -2.36. The molecule has 1 aliphatic heterocycles. The number of hydrogen-bond donors (Lipinski definition) is 1. The summed E-state index contributed by atoms with van der Waals surface area (Å²) < 4.78 is 2.16. The molecule has 0 bridgehead atoms. The minimum absolute atomic E-state index is 0.152. The number of nitrogens with zero attached hydrogens (tertiary/aromatic N) is 3. The van der Waals surface area contributed by atoms with E-state index < -0.39 is 5.97 Å². The van der Waals surface area contributed by atoms with Gasteiger partial charge >= 0.3 is 5.97 Å². The first-order valence-corrected chi connectivity index (χ1v) is 7.47. The zero-order valence-electron chi connectivity index (χ0n) is 12.5. The van der Waals surface area contributed by atoms with Crippen molar-refractivity contribution >= 4 is 16.9 Å². The Kier molecular flexibility index (Phi) is 3.68. The maximum atomic E-state index is 10.9. The number of aromatic nitrogens is 2. The Morgan fingerprint density at radius 2 is 2.29 bits per heavy atom. The van der Waals surface area contributed by atoms with Crippen molar-refractivity contribution in [3.05, 3.63) is 29.7 Å². The number of aryl methyl sites for hydroxylation is 1. The van der Waals surface area contributed by atoms with E-state index in [4.69, 9.17) is 5.11 Å². The highest BCUT2D eigenvalue weighted by Crippen LogP contribution is 2.31. The minimum Gasteiger partial charge on any atom is -0.481 e. The van der Waals surface area contributed by atoms with Gasteiger partial charge in [-0.2, -0.15) is 0 Å². The Hall–Kier alpha value is -1.88. The van der Waals surface area contributed by atoms with E-state index in [0.29, 0.717) is 12.6 Å². The molecule has 0 saturated carbocycles. The molecule has 0 spiro atoms. The summed E-state index contributed by atoms with van der Waals surface area (Å²) in [5.41, 5.74) is 3.70. The van der Waals surface area contributed by atoms with E-state index in [-0.39, 0.29) is 6.42 Å². The van der Waals surface area contributed by atoms with Crippen LogP contribution in [0.25, 0.3) is 10.9 Å². The number of carbonyl (C=O) groups is 1. The molecular formula is C16H21N3O2. The molecule has 112 valence electrons. The Balaban J connectivity index is 2.06. The third-order valence-electron chi connectivity index (χ3n) is 4.37. The average molecular weight is 287 g/mol. The number of aliphatic carboxylic acids is 1. The van der Waals surface area contributed by atoms with E-state index in [9.17, 15) is 4.79 Å². The van der Waals surface area contributed by atoms with Crippen LogP contribution in [0.3, 0.4) is 0 Å². The van der Waals surface area contributed by atoms with Crippen molar-refractivity contribution in [2.45, 2.75) is 45.8 Å². The predicted octanol–water partition coefficient (Wildman–Crippen LogP) is 2.28. The molecule has 0 radical (unpaired) electrons. The molecule has 2 aromatic rings. The number of rotatable bonds is 4. The van der Waals surface area contributed by atoms with Crippen molar-refractivity contribution in [2.24, 2.45) is 0 Å². The molecule has 3 rings (SSSR count). The van der Waals surface area contributed by atoms with Gasteiger partial charge in [-0.3, -0.25) is 14.7 Å². The van der Waals surface area contributed by atoms with Gasteiger partial charge in [0, 0.05) is 49.4 Å². The highest BCUT2D eigenvalue weighted by molar-refractivity contribution is 5.85. The van der Waals surface area contributed by atoms with Crippen LogP contribution in [0, 0.1) is 0 Å². The first-order chi connectivity index (χ1) is 10.1. The van der Waals surface area contributed by atoms with Crippen LogP contribution >= 0.6 is 0 Å². The number of carboxylic acid groups (broad SMARTS) is 1. The molecule has 2 aromatic heterocycles. The second-order valence-corrected chi connectivity index (χ2v) is 5.93. The molecular weight excluding hydrogens is 266 g/mol. The van der Waals surface area contributed by atoms with Gasteiger partial charge in [0.25, 0.3) is 0 Å². The van der Waals surface area contributed by atoms with Gasteiger partial charge in [0.05, 0.1) is 18.1 Å². The van der Waals surface area contributed by atoms with Gasteiger partial charge in [-0.25, -0.2) is 0 Å². The topological polar surface area (TPSA) is 58.4 Å². The summed E-state index contributed by atoms with van der Waals surface area (Å²) in [6.07, 6.45) is 4.80. The fourth-order valence-electron chi connectivity index (χ4n) is 3.22. The van der Waals surface area contributed by atoms with Crippen molar-refractivity contribution in [3.8, 4) is 0 Å². The lowest BCUT2D eigenvalue weighted by atomic mass is 10.0. The monoisotopic (exact) mass is 287 g/mol. The Morgan fingerprint density at radius 3 is 3.00 bits per heavy atom. The zero-order chi connectivity index (χ0) is 15.0. The second-order valence-electron chi connectivity index (χ2n) is 5.93. The van der Waals surface area contributed by atoms with Gasteiger partial charge in [0.1, 0.15) is 0 Å². The number of fused-ring (bicyclic) bond motifs is 3. The Labute approximate surface area is 124 Å². The Morgan fingerprint density at radius 1 is 1.48 bits per heavy atom. The standard InChI is InChI=1S/C16H21N3O2/c1-11(2)18-7-4-14-13(10-18)12-3-6-17-9-15(12)19(14)8-5-16(20)21/h3,6,9,11H,4-5,7-8,10H2,1-2H3,(H,20,21). The molecule has 0 aromatic carbocycles. The fourth-order valence-corrected chi connectivity index (χ4v) is 3.22. The van der Waals surface area contributed by atoms with Crippen LogP contribution in [0.1, 0.15) is 31.5 Å². The average Bonchev–Trinajstić information content (AvgIpc) is 2.78. The zero-order valence-corrected chi connectivity index (χ0v) is 12.5. The summed E-state index contributed by atoms with van der Waals surface area (Å²) in [7, 11) is 0. The van der Waals surface area contributed by atoms with Crippen LogP contribution in [0.4, 0.5) is 0 Å². The summed E-state index contributed by atoms with van der Waals surface area (Å²) >= 11 is 0. The predicted molar refractivity (Wildman–Crippen MR) is 81.2 cm³/mol. The van der Waals surface area contributed by atoms with Gasteiger partial charge in [-0.15, -0.1) is 0 Å². The van der Waals surface area contributed by atoms with Crippen molar-refractivity contribution < 1.29 is 9.90 Å². The smallest absolute Gasteiger partial charge is 0.305 e. The molecule has 0 saturated heterocycles. The highest BCUT2D eigenvalue weighted by Gasteiger charge is 2.25. The Bertz CT molecular complexity index is 675. The van der Waals surface area contributed by atoms with Gasteiger partial charge < -0.3 is 9.67 Å². The van der Waals surface area contributed by atoms with Crippen LogP contribution in [0.2, 0.25) is 0 Å². The van der Waals surface area contributed by atoms with Crippen LogP contribution in [-0.4, -0.2) is 38.1 Å². The summed E-state index contributed by atoms with van der Waals surface area (Å²) in [6.45, 7) is 6.93. The normalized spacial score (nSPS) is 15.6. The largest absolute Gasteiger partial charge is 0.481 e. The highest BCUT2D eigenvalue weighted by atomic mass is 16.4. The third kappa shape index (κ3) is 2.53. The molecule has 5 nitrogen and oxygen atoms in total. The quantitative estimate of drug-likeness (QED) is 0.937. The van der Waals surface area contributed by atoms with Crippen molar-refractivity contribution in [2.75, 3.05) is 6.54 Å². The van der Waals surface area contributed by atoms with Crippen molar-refractivity contribution in [3.63, 3.8) is 0 Å². The summed E-state index contributed by atoms with van der Waals surface area (Å²) in [4.78, 5) is 17.6. The molecule has 0 unspecified atom stereocenters. The van der Waals surface area contributed by atoms with Gasteiger partial charge in [0.2, 0.25) is 0 Å². The van der Waals surface area contributed by atoms with Crippen molar-refractivity contribution in [1.82, 2.24) is 14.5 Å². The van der Waals surface area contributed by atoms with Crippen LogP contribution in [0.5, 0.6) is 0 Å². The van der Waals surface area contributed by atoms with E-state index in [2.05, 4.69) is 34.4 Å². The molecule has 0 atom stereocenters. The summed E-state index contributed by atoms with van der Waals surface area (Å²) in [5.74, 6) is -0.755. The van der Waals surface area contributed by atoms with E-state index in [1.807, 2.05) is 12.4 Å². The lowest BCUT2D eigenvalue weighted by Gasteiger charge is -2.31. The maximum absolute atomic E-state index is 10.9. The molecule has 0 fully saturated rings. The molecule has 1 aliphatic rings. The number of hydrogen-bond acceptors (Lipinski definition) is 3. The minimum atomic E-state index is -0.755. The van der Waals surface area contributed by atoms with Crippen LogP contribution in [-0.2, 0) is 24.3 Å². The summed E-state index contributed by atoms with van der Waals surface area (Å²) in [6, 6.07) is 2.58. The van der Waals surface area contributed by atoms with E-state index >= 15 is 0 Å². The number of carboxylic acids is 1. The van der Waals surface area contributed by atoms with Gasteiger partial charge in [0.15, 0.2) is 0 Å². The second kappa shape index (κ2) is 5.48. The molecule has 0 aliphatic carbocycles. The molecule has 3 heterocycles. The van der Waals surface area contributed by atoms with E-state index in [1.165, 1.54) is 16.6 Å².